The van der Waals surface area contributed by atoms with Crippen LogP contribution in [0.1, 0.15) is 17.5 Å². The molecule has 0 unspecified atom stereocenters. The van der Waals surface area contributed by atoms with E-state index >= 15 is 0 Å². The van der Waals surface area contributed by atoms with Crippen LogP contribution in [0.15, 0.2) is 29.1 Å². The zero-order valence-corrected chi connectivity index (χ0v) is 16.9. The molecule has 30 heavy (non-hydrogen) atoms. The molecule has 0 atom stereocenters. The third-order valence-electron chi connectivity index (χ3n) is 4.45. The van der Waals surface area contributed by atoms with Crippen molar-refractivity contribution < 1.29 is 28.9 Å². The summed E-state index contributed by atoms with van der Waals surface area (Å²) in [6.45, 7) is 3.43. The Morgan fingerprint density at radius 3 is 2.30 bits per heavy atom. The largest absolute Gasteiger partial charge is 0.497 e. The highest BCUT2D eigenvalue weighted by molar-refractivity contribution is 5.91. The van der Waals surface area contributed by atoms with Gasteiger partial charge in [0.05, 0.1) is 19.7 Å². The summed E-state index contributed by atoms with van der Waals surface area (Å²) < 4.78 is 15.7. The number of aliphatic carboxylic acids is 1. The predicted molar refractivity (Wildman–Crippen MR) is 108 cm³/mol. The number of ether oxygens (including phenoxy) is 3. The van der Waals surface area contributed by atoms with E-state index in [4.69, 9.17) is 19.3 Å². The molecule has 9 heteroatoms. The first-order chi connectivity index (χ1) is 14.2. The molecular weight excluding hydrogens is 392 g/mol. The molecule has 1 heterocycles. The van der Waals surface area contributed by atoms with E-state index in [9.17, 15) is 14.4 Å². The SMILES string of the molecule is COc1cc(OC)c2c(=O)[nH]c(-c3cc(C)c(OC(=O)CC(=O)O)c(C)c3)nc2c1. The molecule has 0 saturated carbocycles. The smallest absolute Gasteiger partial charge is 0.322 e. The van der Waals surface area contributed by atoms with Crippen molar-refractivity contribution in [2.45, 2.75) is 20.3 Å². The zero-order chi connectivity index (χ0) is 22.0. The molecule has 3 aromatic rings. The Labute approximate surface area is 171 Å². The van der Waals surface area contributed by atoms with Crippen molar-refractivity contribution >= 4 is 22.8 Å². The number of benzene rings is 2. The van der Waals surface area contributed by atoms with Gasteiger partial charge in [0.1, 0.15) is 34.9 Å². The van der Waals surface area contributed by atoms with Gasteiger partial charge in [-0.25, -0.2) is 4.98 Å². The second-order valence-corrected chi connectivity index (χ2v) is 6.62. The van der Waals surface area contributed by atoms with E-state index in [0.29, 0.717) is 44.9 Å². The minimum absolute atomic E-state index is 0.275. The minimum atomic E-state index is -1.27. The highest BCUT2D eigenvalue weighted by Gasteiger charge is 2.17. The molecule has 3 rings (SSSR count). The summed E-state index contributed by atoms with van der Waals surface area (Å²) in [5.41, 5.74) is 1.81. The van der Waals surface area contributed by atoms with Crippen molar-refractivity contribution in [1.82, 2.24) is 9.97 Å². The van der Waals surface area contributed by atoms with Crippen LogP contribution in [-0.2, 0) is 9.59 Å². The fraction of sp³-hybridized carbons (Fsp3) is 0.238. The number of nitrogens with zero attached hydrogens (tertiary/aromatic N) is 1. The third-order valence-corrected chi connectivity index (χ3v) is 4.45. The third kappa shape index (κ3) is 4.09. The van der Waals surface area contributed by atoms with Gasteiger partial charge in [-0.2, -0.15) is 0 Å². The second-order valence-electron chi connectivity index (χ2n) is 6.62. The molecule has 2 N–H and O–H groups in total. The lowest BCUT2D eigenvalue weighted by atomic mass is 10.0. The number of aromatic amines is 1. The Balaban J connectivity index is 2.08. The van der Waals surface area contributed by atoms with Gasteiger partial charge in [0, 0.05) is 17.7 Å². The van der Waals surface area contributed by atoms with Crippen LogP contribution in [0.3, 0.4) is 0 Å². The first-order valence-electron chi connectivity index (χ1n) is 8.93. The molecule has 1 aromatic heterocycles. The maximum Gasteiger partial charge on any atom is 0.322 e. The lowest BCUT2D eigenvalue weighted by Crippen LogP contribution is -2.14. The molecule has 0 saturated heterocycles. The Bertz CT molecular complexity index is 1190. The number of hydrogen-bond donors (Lipinski definition) is 2. The molecule has 0 bridgehead atoms. The van der Waals surface area contributed by atoms with E-state index in [1.54, 1.807) is 38.1 Å². The predicted octanol–water partition coefficient (Wildman–Crippen LogP) is 2.60. The number of carbonyl (C=O) groups is 2. The van der Waals surface area contributed by atoms with E-state index in [-0.39, 0.29) is 11.3 Å². The van der Waals surface area contributed by atoms with Gasteiger partial charge in [0.25, 0.3) is 5.56 Å². The molecule has 0 amide bonds. The fourth-order valence-corrected chi connectivity index (χ4v) is 3.15. The first-order valence-corrected chi connectivity index (χ1v) is 8.93. The number of esters is 1. The highest BCUT2D eigenvalue weighted by atomic mass is 16.5. The molecule has 0 radical (unpaired) electrons. The molecule has 0 fully saturated rings. The van der Waals surface area contributed by atoms with E-state index in [0.717, 1.165) is 0 Å². The van der Waals surface area contributed by atoms with Crippen molar-refractivity contribution in [3.05, 3.63) is 45.7 Å². The number of hydrogen-bond acceptors (Lipinski definition) is 7. The first kappa shape index (κ1) is 20.8. The van der Waals surface area contributed by atoms with Gasteiger partial charge >= 0.3 is 11.9 Å². The van der Waals surface area contributed by atoms with Crippen LogP contribution in [0.2, 0.25) is 0 Å². The number of H-pyrrole nitrogens is 1. The second kappa shape index (κ2) is 8.24. The van der Waals surface area contributed by atoms with Crippen molar-refractivity contribution in [2.75, 3.05) is 14.2 Å². The van der Waals surface area contributed by atoms with E-state index in [1.165, 1.54) is 14.2 Å². The average Bonchev–Trinajstić information content (AvgIpc) is 2.68. The minimum Gasteiger partial charge on any atom is -0.497 e. The summed E-state index contributed by atoms with van der Waals surface area (Å²) in [6.07, 6.45) is -0.732. The van der Waals surface area contributed by atoms with Gasteiger partial charge in [0.2, 0.25) is 0 Å². The van der Waals surface area contributed by atoms with Crippen LogP contribution >= 0.6 is 0 Å². The van der Waals surface area contributed by atoms with Crippen molar-refractivity contribution in [3.8, 4) is 28.6 Å². The Kier molecular flexibility index (Phi) is 5.72. The molecule has 0 aliphatic heterocycles. The van der Waals surface area contributed by atoms with Gasteiger partial charge in [-0.05, 0) is 37.1 Å². The maximum atomic E-state index is 12.7. The summed E-state index contributed by atoms with van der Waals surface area (Å²) in [7, 11) is 2.96. The van der Waals surface area contributed by atoms with Crippen LogP contribution in [0.25, 0.3) is 22.3 Å². The molecule has 0 spiro atoms. The fourth-order valence-electron chi connectivity index (χ4n) is 3.15. The Morgan fingerprint density at radius 1 is 1.07 bits per heavy atom. The molecule has 2 aromatic carbocycles. The summed E-state index contributed by atoms with van der Waals surface area (Å²) >= 11 is 0. The van der Waals surface area contributed by atoms with Crippen LogP contribution in [0, 0.1) is 13.8 Å². The lowest BCUT2D eigenvalue weighted by molar-refractivity contribution is -0.145. The van der Waals surface area contributed by atoms with E-state index in [1.807, 2.05) is 0 Å². The van der Waals surface area contributed by atoms with Gasteiger partial charge in [-0.3, -0.25) is 14.4 Å². The van der Waals surface area contributed by atoms with Crippen LogP contribution in [0.5, 0.6) is 17.2 Å². The number of carboxylic acid groups (broad SMARTS) is 1. The summed E-state index contributed by atoms with van der Waals surface area (Å²) in [6, 6.07) is 6.63. The number of aryl methyl sites for hydroxylation is 2. The van der Waals surface area contributed by atoms with Crippen molar-refractivity contribution in [2.24, 2.45) is 0 Å². The molecular formula is C21H20N2O7. The number of carboxylic acids is 1. The van der Waals surface area contributed by atoms with Gasteiger partial charge in [-0.1, -0.05) is 0 Å². The topological polar surface area (TPSA) is 128 Å². The normalized spacial score (nSPS) is 10.7. The van der Waals surface area contributed by atoms with Crippen LogP contribution in [0.4, 0.5) is 0 Å². The van der Waals surface area contributed by atoms with Gasteiger partial charge in [-0.15, -0.1) is 0 Å². The monoisotopic (exact) mass is 412 g/mol. The zero-order valence-electron chi connectivity index (χ0n) is 16.9. The molecule has 156 valence electrons. The number of fused-ring (bicyclic) bond motifs is 1. The summed E-state index contributed by atoms with van der Waals surface area (Å²) in [5.74, 6) is -0.698. The lowest BCUT2D eigenvalue weighted by Gasteiger charge is -2.13. The van der Waals surface area contributed by atoms with Crippen molar-refractivity contribution in [1.29, 1.82) is 0 Å². The van der Waals surface area contributed by atoms with E-state index in [2.05, 4.69) is 9.97 Å². The molecule has 0 aliphatic carbocycles. The van der Waals surface area contributed by atoms with E-state index < -0.39 is 18.4 Å². The number of rotatable bonds is 6. The van der Waals surface area contributed by atoms with Gasteiger partial charge in [0.15, 0.2) is 0 Å². The molecule has 9 nitrogen and oxygen atoms in total. The van der Waals surface area contributed by atoms with Crippen LogP contribution < -0.4 is 19.8 Å². The number of carbonyl (C=O) groups excluding carboxylic acids is 1. The Hall–Kier alpha value is -3.88. The molecule has 0 aliphatic rings. The summed E-state index contributed by atoms with van der Waals surface area (Å²) in [5, 5.41) is 9.02. The average molecular weight is 412 g/mol. The van der Waals surface area contributed by atoms with Crippen molar-refractivity contribution in [3.63, 3.8) is 0 Å². The highest BCUT2D eigenvalue weighted by Crippen LogP contribution is 2.31. The Morgan fingerprint density at radius 2 is 1.73 bits per heavy atom. The standard InChI is InChI=1S/C21H20N2O7/c1-10-5-12(6-11(2)19(10)30-17(26)9-16(24)25)20-22-14-7-13(28-3)8-15(29-4)18(14)21(27)23-20/h5-8H,9H2,1-4H3,(H,24,25)(H,22,23,27). The quantitative estimate of drug-likeness (QED) is 0.359. The van der Waals surface area contributed by atoms with Crippen LogP contribution in [-0.4, -0.2) is 41.2 Å². The number of methoxy groups -OCH3 is 2. The van der Waals surface area contributed by atoms with Gasteiger partial charge < -0.3 is 24.3 Å². The summed E-state index contributed by atoms with van der Waals surface area (Å²) in [4.78, 5) is 42.4. The maximum absolute atomic E-state index is 12.7. The number of aromatic nitrogens is 2. The number of nitrogens with one attached hydrogen (secondary N) is 1.